The van der Waals surface area contributed by atoms with Gasteiger partial charge in [-0.1, -0.05) is 72.3 Å². The number of carbonyl (C=O) groups is 1. The van der Waals surface area contributed by atoms with Crippen LogP contribution in [0.2, 0.25) is 5.02 Å². The van der Waals surface area contributed by atoms with Crippen LogP contribution in [0.15, 0.2) is 78.9 Å². The summed E-state index contributed by atoms with van der Waals surface area (Å²) in [5, 5.41) is 14.9. The quantitative estimate of drug-likeness (QED) is 0.470. The third-order valence-electron chi connectivity index (χ3n) is 5.86. The van der Waals surface area contributed by atoms with Crippen molar-refractivity contribution in [1.29, 1.82) is 0 Å². The van der Waals surface area contributed by atoms with Crippen LogP contribution in [0.3, 0.4) is 0 Å². The number of carbonyl (C=O) groups excluding carboxylic acids is 1. The summed E-state index contributed by atoms with van der Waals surface area (Å²) < 4.78 is 0. The molecule has 166 valence electrons. The molecule has 1 fully saturated rings. The van der Waals surface area contributed by atoms with E-state index in [-0.39, 0.29) is 5.91 Å². The summed E-state index contributed by atoms with van der Waals surface area (Å²) in [6, 6.07) is 25.6. The van der Waals surface area contributed by atoms with Gasteiger partial charge in [0.25, 0.3) is 0 Å². The summed E-state index contributed by atoms with van der Waals surface area (Å²) in [5.74, 6) is 0.858. The molecule has 1 aliphatic rings. The molecule has 1 N–H and O–H groups in total. The summed E-state index contributed by atoms with van der Waals surface area (Å²) in [7, 11) is 0. The molecule has 0 atom stereocenters. The number of amides is 1. The van der Waals surface area contributed by atoms with Crippen LogP contribution in [0.25, 0.3) is 22.0 Å². The zero-order chi connectivity index (χ0) is 22.6. The van der Waals surface area contributed by atoms with Crippen molar-refractivity contribution in [3.8, 4) is 11.3 Å². The smallest absolute Gasteiger partial charge is 0.238 e. The largest absolute Gasteiger partial charge is 0.352 e. The molecule has 3 aromatic carbocycles. The molecule has 1 amide bonds. The minimum Gasteiger partial charge on any atom is -0.352 e. The van der Waals surface area contributed by atoms with E-state index in [0.717, 1.165) is 54.0 Å². The Hall–Kier alpha value is -3.48. The molecular weight excluding hydrogens is 434 g/mol. The van der Waals surface area contributed by atoms with Crippen LogP contribution in [-0.4, -0.2) is 53.7 Å². The van der Waals surface area contributed by atoms with Crippen molar-refractivity contribution in [3.63, 3.8) is 0 Å². The van der Waals surface area contributed by atoms with Crippen LogP contribution in [0.5, 0.6) is 0 Å². The van der Waals surface area contributed by atoms with E-state index in [1.165, 1.54) is 0 Å². The van der Waals surface area contributed by atoms with E-state index in [1.807, 2.05) is 42.5 Å². The number of nitrogens with one attached hydrogen (secondary N) is 1. The summed E-state index contributed by atoms with van der Waals surface area (Å²) >= 11 is 6.00. The highest BCUT2D eigenvalue weighted by molar-refractivity contribution is 6.30. The van der Waals surface area contributed by atoms with Crippen molar-refractivity contribution < 1.29 is 4.79 Å². The highest BCUT2D eigenvalue weighted by Crippen LogP contribution is 2.31. The van der Waals surface area contributed by atoms with Gasteiger partial charge in [-0.3, -0.25) is 9.69 Å². The summed E-state index contributed by atoms with van der Waals surface area (Å²) in [6.45, 7) is 3.47. The number of hydrogen-bond acceptors (Lipinski definition) is 5. The summed E-state index contributed by atoms with van der Waals surface area (Å²) in [5.41, 5.74) is 2.67. The lowest BCUT2D eigenvalue weighted by molar-refractivity contribution is -0.117. The predicted octanol–water partition coefficient (Wildman–Crippen LogP) is 4.71. The van der Waals surface area contributed by atoms with Gasteiger partial charge in [0.2, 0.25) is 5.91 Å². The normalized spacial score (nSPS) is 14.4. The lowest BCUT2D eigenvalue weighted by Gasteiger charge is -2.35. The maximum atomic E-state index is 12.5. The number of piperazine rings is 1. The predicted molar refractivity (Wildman–Crippen MR) is 134 cm³/mol. The number of benzene rings is 3. The van der Waals surface area contributed by atoms with E-state index < -0.39 is 0 Å². The van der Waals surface area contributed by atoms with E-state index in [4.69, 9.17) is 11.6 Å². The average molecular weight is 458 g/mol. The second kappa shape index (κ2) is 9.57. The molecule has 2 heterocycles. The van der Waals surface area contributed by atoms with Crippen molar-refractivity contribution in [2.45, 2.75) is 0 Å². The zero-order valence-electron chi connectivity index (χ0n) is 18.1. The summed E-state index contributed by atoms with van der Waals surface area (Å²) in [6.07, 6.45) is 0. The van der Waals surface area contributed by atoms with Crippen LogP contribution >= 0.6 is 11.6 Å². The Balaban J connectivity index is 1.27. The second-order valence-electron chi connectivity index (χ2n) is 8.11. The molecule has 7 heteroatoms. The van der Waals surface area contributed by atoms with Gasteiger partial charge in [0.15, 0.2) is 5.82 Å². The van der Waals surface area contributed by atoms with Crippen molar-refractivity contribution >= 4 is 39.8 Å². The highest BCUT2D eigenvalue weighted by atomic mass is 35.5. The Morgan fingerprint density at radius 1 is 0.848 bits per heavy atom. The van der Waals surface area contributed by atoms with Crippen molar-refractivity contribution in [3.05, 3.63) is 83.9 Å². The standard InChI is InChI=1S/C26H24ClN5O/c27-20-9-6-10-21(17-20)28-24(33)18-31-13-15-32(16-14-31)26-23-12-5-4-11-22(23)25(29-30-26)19-7-2-1-3-8-19/h1-12,17H,13-16,18H2,(H,28,33). The Morgan fingerprint density at radius 2 is 1.58 bits per heavy atom. The molecule has 1 saturated heterocycles. The van der Waals surface area contributed by atoms with Gasteiger partial charge in [0, 0.05) is 53.2 Å². The fraction of sp³-hybridized carbons (Fsp3) is 0.192. The molecule has 0 unspecified atom stereocenters. The zero-order valence-corrected chi connectivity index (χ0v) is 18.9. The van der Waals surface area contributed by atoms with E-state index in [0.29, 0.717) is 17.3 Å². The van der Waals surface area contributed by atoms with Gasteiger partial charge in [-0.25, -0.2) is 0 Å². The molecule has 0 bridgehead atoms. The van der Waals surface area contributed by atoms with Crippen LogP contribution in [0.4, 0.5) is 11.5 Å². The lowest BCUT2D eigenvalue weighted by Crippen LogP contribution is -2.49. The van der Waals surface area contributed by atoms with E-state index in [9.17, 15) is 4.79 Å². The number of nitrogens with zero attached hydrogens (tertiary/aromatic N) is 4. The number of rotatable bonds is 5. The third kappa shape index (κ3) is 4.82. The van der Waals surface area contributed by atoms with Gasteiger partial charge in [-0.15, -0.1) is 10.2 Å². The number of aromatic nitrogens is 2. The van der Waals surface area contributed by atoms with Gasteiger partial charge in [-0.05, 0) is 18.2 Å². The lowest BCUT2D eigenvalue weighted by atomic mass is 10.0. The average Bonchev–Trinajstić information content (AvgIpc) is 2.84. The molecular formula is C26H24ClN5O. The highest BCUT2D eigenvalue weighted by Gasteiger charge is 2.22. The van der Waals surface area contributed by atoms with Gasteiger partial charge in [-0.2, -0.15) is 0 Å². The van der Waals surface area contributed by atoms with Crippen LogP contribution in [0, 0.1) is 0 Å². The molecule has 4 aromatic rings. The van der Waals surface area contributed by atoms with Crippen molar-refractivity contribution in [2.24, 2.45) is 0 Å². The molecule has 0 radical (unpaired) electrons. The minimum absolute atomic E-state index is 0.0387. The number of anilines is 2. The first-order valence-corrected chi connectivity index (χ1v) is 11.4. The molecule has 1 aliphatic heterocycles. The van der Waals surface area contributed by atoms with Crippen LogP contribution in [0.1, 0.15) is 0 Å². The van der Waals surface area contributed by atoms with Gasteiger partial charge >= 0.3 is 0 Å². The maximum absolute atomic E-state index is 12.5. The minimum atomic E-state index is -0.0387. The van der Waals surface area contributed by atoms with Gasteiger partial charge in [0.1, 0.15) is 5.69 Å². The second-order valence-corrected chi connectivity index (χ2v) is 8.54. The SMILES string of the molecule is O=C(CN1CCN(c2nnc(-c3ccccc3)c3ccccc23)CC1)Nc1cccc(Cl)c1. The molecule has 0 aliphatic carbocycles. The number of fused-ring (bicyclic) bond motifs is 1. The fourth-order valence-electron chi connectivity index (χ4n) is 4.22. The topological polar surface area (TPSA) is 61.4 Å². The first-order valence-electron chi connectivity index (χ1n) is 11.0. The Bertz CT molecular complexity index is 1270. The van der Waals surface area contributed by atoms with E-state index >= 15 is 0 Å². The number of halogens is 1. The monoisotopic (exact) mass is 457 g/mol. The number of hydrogen-bond donors (Lipinski definition) is 1. The third-order valence-corrected chi connectivity index (χ3v) is 6.10. The van der Waals surface area contributed by atoms with E-state index in [2.05, 4.69) is 49.6 Å². The Kier molecular flexibility index (Phi) is 6.19. The molecule has 33 heavy (non-hydrogen) atoms. The molecule has 6 nitrogen and oxygen atoms in total. The van der Waals surface area contributed by atoms with E-state index in [1.54, 1.807) is 12.1 Å². The molecule has 0 spiro atoms. The van der Waals surface area contributed by atoms with Crippen molar-refractivity contribution in [2.75, 3.05) is 42.9 Å². The molecule has 5 rings (SSSR count). The van der Waals surface area contributed by atoms with Gasteiger partial charge < -0.3 is 10.2 Å². The first-order chi connectivity index (χ1) is 16.2. The van der Waals surface area contributed by atoms with Crippen LogP contribution < -0.4 is 10.2 Å². The molecule has 1 aromatic heterocycles. The Morgan fingerprint density at radius 3 is 2.33 bits per heavy atom. The Labute approximate surface area is 197 Å². The van der Waals surface area contributed by atoms with Crippen molar-refractivity contribution in [1.82, 2.24) is 15.1 Å². The fourth-order valence-corrected chi connectivity index (χ4v) is 4.41. The first kappa shape index (κ1) is 21.4. The molecule has 0 saturated carbocycles. The summed E-state index contributed by atoms with van der Waals surface area (Å²) in [4.78, 5) is 16.9. The van der Waals surface area contributed by atoms with Gasteiger partial charge in [0.05, 0.1) is 6.54 Å². The van der Waals surface area contributed by atoms with Crippen LogP contribution in [-0.2, 0) is 4.79 Å². The maximum Gasteiger partial charge on any atom is 0.238 e.